The molecule has 2 aliphatic heterocycles. The second kappa shape index (κ2) is 6.76. The molecular weight excluding hydrogens is 488 g/mol. The molecule has 0 amide bonds. The van der Waals surface area contributed by atoms with Crippen LogP contribution in [0.25, 0.3) is 0 Å². The summed E-state index contributed by atoms with van der Waals surface area (Å²) in [6.07, 6.45) is 0.660. The van der Waals surface area contributed by atoms with Gasteiger partial charge in [0.05, 0.1) is 20.4 Å². The van der Waals surface area contributed by atoms with E-state index in [0.717, 1.165) is 31.7 Å². The first-order valence-electron chi connectivity index (χ1n) is 8.73. The molecule has 3 heterocycles. The molecular formula is C21H16Br2N2OS. The maximum Gasteiger partial charge on any atom is 0.213 e. The predicted octanol–water partition coefficient (Wildman–Crippen LogP) is 6.82. The first kappa shape index (κ1) is 17.5. The van der Waals surface area contributed by atoms with Crippen molar-refractivity contribution in [2.45, 2.75) is 25.6 Å². The Hall–Kier alpha value is -1.63. The Morgan fingerprint density at radius 1 is 1.07 bits per heavy atom. The SMILES string of the molecule is Cc1ccc([C@@H]2Oc3ccc(Br)cc3[C@H]3CC(c4ccc(Br)s4)=NN32)cc1. The lowest BCUT2D eigenvalue weighted by molar-refractivity contribution is -0.0190. The van der Waals surface area contributed by atoms with Gasteiger partial charge in [-0.15, -0.1) is 11.3 Å². The number of halogens is 2. The fourth-order valence-corrected chi connectivity index (χ4v) is 5.39. The van der Waals surface area contributed by atoms with Crippen LogP contribution < -0.4 is 4.74 Å². The standard InChI is InChI=1S/C21H16Br2N2OS/c1-12-2-4-13(5-3-12)21-25-17(15-10-14(22)6-7-18(15)26-21)11-16(24-25)19-8-9-20(23)27-19/h2-10,17,21H,11H2,1H3/t17-,21+/m1/s1. The summed E-state index contributed by atoms with van der Waals surface area (Å²) in [5.74, 6) is 0.939. The summed E-state index contributed by atoms with van der Waals surface area (Å²) in [5, 5.41) is 7.13. The van der Waals surface area contributed by atoms with Gasteiger partial charge < -0.3 is 4.74 Å². The largest absolute Gasteiger partial charge is 0.464 e. The highest BCUT2D eigenvalue weighted by atomic mass is 79.9. The van der Waals surface area contributed by atoms with Gasteiger partial charge in [0, 0.05) is 22.0 Å². The second-order valence-electron chi connectivity index (χ2n) is 6.81. The van der Waals surface area contributed by atoms with Gasteiger partial charge in [0.25, 0.3) is 0 Å². The molecule has 1 aromatic heterocycles. The molecule has 0 bridgehead atoms. The Balaban J connectivity index is 1.60. The third kappa shape index (κ3) is 3.13. The van der Waals surface area contributed by atoms with Crippen LogP contribution in [0.15, 0.2) is 68.0 Å². The van der Waals surface area contributed by atoms with Crippen molar-refractivity contribution in [1.29, 1.82) is 0 Å². The first-order valence-corrected chi connectivity index (χ1v) is 11.1. The van der Waals surface area contributed by atoms with E-state index in [1.54, 1.807) is 11.3 Å². The minimum atomic E-state index is -0.217. The minimum absolute atomic E-state index is 0.174. The van der Waals surface area contributed by atoms with Gasteiger partial charge in [-0.2, -0.15) is 5.10 Å². The molecule has 136 valence electrons. The number of ether oxygens (including phenoxy) is 1. The molecule has 0 saturated carbocycles. The fraction of sp³-hybridized carbons (Fsp3) is 0.190. The normalized spacial score (nSPS) is 20.7. The molecule has 2 atom stereocenters. The maximum absolute atomic E-state index is 6.41. The topological polar surface area (TPSA) is 24.8 Å². The van der Waals surface area contributed by atoms with Gasteiger partial charge >= 0.3 is 0 Å². The highest BCUT2D eigenvalue weighted by Crippen LogP contribution is 2.48. The predicted molar refractivity (Wildman–Crippen MR) is 116 cm³/mol. The Labute approximate surface area is 178 Å². The molecule has 2 aliphatic rings. The summed E-state index contributed by atoms with van der Waals surface area (Å²) in [6, 6.07) is 19.2. The van der Waals surface area contributed by atoms with E-state index in [4.69, 9.17) is 9.84 Å². The molecule has 0 unspecified atom stereocenters. The molecule has 0 spiro atoms. The van der Waals surface area contributed by atoms with Crippen LogP contribution in [0.2, 0.25) is 0 Å². The molecule has 0 saturated heterocycles. The number of hydrogen-bond donors (Lipinski definition) is 0. The summed E-state index contributed by atoms with van der Waals surface area (Å²) in [6.45, 7) is 2.10. The molecule has 3 nitrogen and oxygen atoms in total. The van der Waals surface area contributed by atoms with Crippen molar-refractivity contribution in [1.82, 2.24) is 5.01 Å². The number of hydrogen-bond acceptors (Lipinski definition) is 4. The Bertz CT molecular complexity index is 1040. The smallest absolute Gasteiger partial charge is 0.213 e. The lowest BCUT2D eigenvalue weighted by Gasteiger charge is -2.38. The van der Waals surface area contributed by atoms with Gasteiger partial charge in [0.2, 0.25) is 6.23 Å². The quantitative estimate of drug-likeness (QED) is 0.383. The molecule has 2 aromatic carbocycles. The van der Waals surface area contributed by atoms with Crippen LogP contribution in [0.5, 0.6) is 5.75 Å². The number of rotatable bonds is 2. The van der Waals surface area contributed by atoms with Gasteiger partial charge in [-0.05, 0) is 53.2 Å². The van der Waals surface area contributed by atoms with Gasteiger partial charge in [-0.25, -0.2) is 5.01 Å². The zero-order valence-corrected chi connectivity index (χ0v) is 18.5. The third-order valence-electron chi connectivity index (χ3n) is 4.97. The molecule has 0 N–H and O–H groups in total. The molecule has 27 heavy (non-hydrogen) atoms. The van der Waals surface area contributed by atoms with E-state index in [2.05, 4.69) is 92.3 Å². The zero-order chi connectivity index (χ0) is 18.5. The number of thiophene rings is 1. The third-order valence-corrected chi connectivity index (χ3v) is 7.14. The average Bonchev–Trinajstić information content (AvgIpc) is 3.28. The summed E-state index contributed by atoms with van der Waals surface area (Å²) in [4.78, 5) is 1.20. The molecule has 0 aliphatic carbocycles. The number of nitrogens with zero attached hydrogens (tertiary/aromatic N) is 2. The van der Waals surface area contributed by atoms with Crippen molar-refractivity contribution in [2.24, 2.45) is 5.10 Å². The lowest BCUT2D eigenvalue weighted by atomic mass is 9.97. The van der Waals surface area contributed by atoms with Crippen molar-refractivity contribution in [2.75, 3.05) is 0 Å². The number of benzene rings is 2. The number of hydrazone groups is 1. The van der Waals surface area contributed by atoms with Gasteiger partial charge in [-0.1, -0.05) is 45.8 Å². The number of fused-ring (bicyclic) bond motifs is 3. The van der Waals surface area contributed by atoms with Crippen molar-refractivity contribution in [3.63, 3.8) is 0 Å². The zero-order valence-electron chi connectivity index (χ0n) is 14.5. The lowest BCUT2D eigenvalue weighted by Crippen LogP contribution is -2.33. The van der Waals surface area contributed by atoms with E-state index >= 15 is 0 Å². The van der Waals surface area contributed by atoms with E-state index in [9.17, 15) is 0 Å². The van der Waals surface area contributed by atoms with Crippen molar-refractivity contribution in [3.8, 4) is 5.75 Å². The van der Waals surface area contributed by atoms with Crippen molar-refractivity contribution < 1.29 is 4.74 Å². The molecule has 3 aromatic rings. The monoisotopic (exact) mass is 502 g/mol. The Kier molecular flexibility index (Phi) is 4.37. The highest BCUT2D eigenvalue weighted by molar-refractivity contribution is 9.11. The molecule has 6 heteroatoms. The Morgan fingerprint density at radius 3 is 2.63 bits per heavy atom. The summed E-state index contributed by atoms with van der Waals surface area (Å²) >= 11 is 8.89. The van der Waals surface area contributed by atoms with E-state index in [1.807, 2.05) is 6.07 Å². The summed E-state index contributed by atoms with van der Waals surface area (Å²) in [5.41, 5.74) is 4.66. The van der Waals surface area contributed by atoms with E-state index < -0.39 is 0 Å². The molecule has 0 radical (unpaired) electrons. The van der Waals surface area contributed by atoms with Gasteiger partial charge in [-0.3, -0.25) is 0 Å². The molecule has 5 rings (SSSR count). The first-order chi connectivity index (χ1) is 13.1. The van der Waals surface area contributed by atoms with E-state index in [-0.39, 0.29) is 12.3 Å². The van der Waals surface area contributed by atoms with Crippen LogP contribution in [0.3, 0.4) is 0 Å². The maximum atomic E-state index is 6.41. The number of aryl methyl sites for hydroxylation is 1. The van der Waals surface area contributed by atoms with Crippen LogP contribution in [0, 0.1) is 6.92 Å². The van der Waals surface area contributed by atoms with E-state index in [1.165, 1.54) is 16.0 Å². The van der Waals surface area contributed by atoms with Crippen LogP contribution in [0.1, 0.15) is 40.3 Å². The van der Waals surface area contributed by atoms with Crippen LogP contribution in [-0.2, 0) is 0 Å². The van der Waals surface area contributed by atoms with E-state index in [0.29, 0.717) is 0 Å². The summed E-state index contributed by atoms with van der Waals surface area (Å²) in [7, 11) is 0. The van der Waals surface area contributed by atoms with Crippen LogP contribution in [-0.4, -0.2) is 10.7 Å². The second-order valence-corrected chi connectivity index (χ2v) is 10.2. The minimum Gasteiger partial charge on any atom is -0.464 e. The highest BCUT2D eigenvalue weighted by Gasteiger charge is 2.41. The Morgan fingerprint density at radius 2 is 1.89 bits per heavy atom. The summed E-state index contributed by atoms with van der Waals surface area (Å²) < 4.78 is 8.59. The van der Waals surface area contributed by atoms with Crippen LogP contribution >= 0.6 is 43.2 Å². The fourth-order valence-electron chi connectivity index (χ4n) is 3.63. The van der Waals surface area contributed by atoms with Gasteiger partial charge in [0.15, 0.2) is 0 Å². The van der Waals surface area contributed by atoms with Crippen molar-refractivity contribution in [3.05, 3.63) is 84.4 Å². The van der Waals surface area contributed by atoms with Gasteiger partial charge in [0.1, 0.15) is 5.75 Å². The average molecular weight is 504 g/mol. The van der Waals surface area contributed by atoms with Crippen LogP contribution in [0.4, 0.5) is 0 Å². The molecule has 0 fully saturated rings. The van der Waals surface area contributed by atoms with Crippen molar-refractivity contribution >= 4 is 48.9 Å².